The number of ether oxygens (including phenoxy) is 1. The highest BCUT2D eigenvalue weighted by atomic mass is 19.4. The van der Waals surface area contributed by atoms with E-state index >= 15 is 0 Å². The van der Waals surface area contributed by atoms with E-state index in [-0.39, 0.29) is 30.3 Å². The Labute approximate surface area is 244 Å². The van der Waals surface area contributed by atoms with Crippen LogP contribution in [0.15, 0.2) is 37.1 Å². The summed E-state index contributed by atoms with van der Waals surface area (Å²) in [7, 11) is 0. The van der Waals surface area contributed by atoms with E-state index in [1.165, 1.54) is 6.33 Å². The number of likely N-dealkylation sites (tertiary alicyclic amines) is 1. The molecule has 6 rings (SSSR count). The number of amides is 1. The van der Waals surface area contributed by atoms with Crippen molar-refractivity contribution in [1.82, 2.24) is 44.9 Å². The Balaban J connectivity index is 1.10. The third-order valence-corrected chi connectivity index (χ3v) is 8.07. The lowest BCUT2D eigenvalue weighted by molar-refractivity contribution is -0.145. The van der Waals surface area contributed by atoms with Gasteiger partial charge in [-0.25, -0.2) is 15.0 Å². The van der Waals surface area contributed by atoms with E-state index in [9.17, 15) is 23.2 Å². The average molecular weight is 595 g/mol. The maximum Gasteiger partial charge on any atom is 0.451 e. The van der Waals surface area contributed by atoms with Gasteiger partial charge < -0.3 is 15.0 Å². The van der Waals surface area contributed by atoms with Crippen LogP contribution in [0.4, 0.5) is 13.2 Å². The molecule has 0 unspecified atom stereocenters. The molecular formula is C28H29F3N10O2. The van der Waals surface area contributed by atoms with Crippen molar-refractivity contribution < 1.29 is 22.7 Å². The molecule has 15 heteroatoms. The first-order valence-electron chi connectivity index (χ1n) is 14.0. The predicted molar refractivity (Wildman–Crippen MR) is 147 cm³/mol. The lowest BCUT2D eigenvalue weighted by Crippen LogP contribution is -2.65. The van der Waals surface area contributed by atoms with E-state index in [0.717, 1.165) is 41.2 Å². The summed E-state index contributed by atoms with van der Waals surface area (Å²) < 4.78 is 47.9. The number of hydrogen-bond acceptors (Lipinski definition) is 9. The zero-order valence-corrected chi connectivity index (χ0v) is 23.3. The molecule has 0 bridgehead atoms. The smallest absolute Gasteiger partial charge is 0.451 e. The van der Waals surface area contributed by atoms with E-state index in [2.05, 4.69) is 46.3 Å². The van der Waals surface area contributed by atoms with Crippen LogP contribution in [0.2, 0.25) is 0 Å². The zero-order chi connectivity index (χ0) is 30.2. The normalized spacial score (nSPS) is 20.3. The Hall–Kier alpha value is -4.58. The molecule has 0 spiro atoms. The fourth-order valence-electron chi connectivity index (χ4n) is 5.94. The van der Waals surface area contributed by atoms with Gasteiger partial charge in [-0.15, -0.1) is 0 Å². The summed E-state index contributed by atoms with van der Waals surface area (Å²) in [6.07, 6.45) is 4.91. The van der Waals surface area contributed by atoms with Gasteiger partial charge in [-0.1, -0.05) is 0 Å². The van der Waals surface area contributed by atoms with Crippen molar-refractivity contribution in [3.8, 4) is 23.2 Å². The Bertz CT molecular complexity index is 1660. The van der Waals surface area contributed by atoms with Crippen LogP contribution in [0.3, 0.4) is 0 Å². The molecule has 43 heavy (non-hydrogen) atoms. The number of alkyl halides is 3. The quantitative estimate of drug-likeness (QED) is 0.311. The first kappa shape index (κ1) is 28.5. The number of H-pyrrole nitrogens is 1. The predicted octanol–water partition coefficient (Wildman–Crippen LogP) is 3.69. The molecule has 2 aliphatic rings. The third-order valence-electron chi connectivity index (χ3n) is 8.07. The fraction of sp³-hybridized carbons (Fsp3) is 0.464. The Morgan fingerprint density at radius 1 is 1.23 bits per heavy atom. The number of carbonyl (C=O) groups excluding carboxylic acids is 1. The van der Waals surface area contributed by atoms with Crippen LogP contribution in [0.25, 0.3) is 22.3 Å². The highest BCUT2D eigenvalue weighted by Crippen LogP contribution is 2.39. The number of carbonyl (C=O) groups is 1. The van der Waals surface area contributed by atoms with Crippen molar-refractivity contribution in [2.24, 2.45) is 0 Å². The van der Waals surface area contributed by atoms with E-state index in [1.807, 2.05) is 23.1 Å². The first-order chi connectivity index (χ1) is 20.7. The maximum atomic E-state index is 13.4. The summed E-state index contributed by atoms with van der Waals surface area (Å²) >= 11 is 0. The minimum atomic E-state index is -4.82. The van der Waals surface area contributed by atoms with Crippen LogP contribution in [-0.2, 0) is 11.7 Å². The number of fused-ring (bicyclic) bond motifs is 1. The average Bonchev–Trinajstić information content (AvgIpc) is 3.65. The SMILES string of the molecule is CCNC(=O)c1cc(O[C@H]2CC[C@@H](N3CC(CC#N)(n4cc(-c5ncnc6[nH]ccc56)cn4)C3)CC2)nc(C(F)(F)F)n1. The molecule has 4 aromatic heterocycles. The van der Waals surface area contributed by atoms with Gasteiger partial charge in [0.25, 0.3) is 5.91 Å². The fourth-order valence-corrected chi connectivity index (χ4v) is 5.94. The van der Waals surface area contributed by atoms with Crippen molar-refractivity contribution in [2.45, 2.75) is 62.9 Å². The van der Waals surface area contributed by atoms with E-state index in [1.54, 1.807) is 13.1 Å². The van der Waals surface area contributed by atoms with E-state index in [0.29, 0.717) is 32.4 Å². The van der Waals surface area contributed by atoms with E-state index in [4.69, 9.17) is 4.74 Å². The molecule has 224 valence electrons. The second-order valence-corrected chi connectivity index (χ2v) is 10.9. The molecule has 1 aliphatic heterocycles. The van der Waals surface area contributed by atoms with Crippen molar-refractivity contribution >= 4 is 16.9 Å². The minimum Gasteiger partial charge on any atom is -0.474 e. The van der Waals surface area contributed by atoms with Crippen molar-refractivity contribution in [3.63, 3.8) is 0 Å². The molecule has 0 atom stereocenters. The second-order valence-electron chi connectivity index (χ2n) is 10.9. The van der Waals surface area contributed by atoms with Gasteiger partial charge in [-0.3, -0.25) is 14.4 Å². The van der Waals surface area contributed by atoms with Gasteiger partial charge in [0.1, 0.15) is 29.3 Å². The molecule has 2 N–H and O–H groups in total. The van der Waals surface area contributed by atoms with Gasteiger partial charge in [0.05, 0.1) is 24.4 Å². The molecular weight excluding hydrogens is 565 g/mol. The molecule has 4 aromatic rings. The number of nitriles is 1. The van der Waals surface area contributed by atoms with Gasteiger partial charge in [-0.2, -0.15) is 28.5 Å². The minimum absolute atomic E-state index is 0.241. The summed E-state index contributed by atoms with van der Waals surface area (Å²) in [5, 5.41) is 17.6. The molecule has 0 radical (unpaired) electrons. The molecule has 5 heterocycles. The highest BCUT2D eigenvalue weighted by Gasteiger charge is 2.48. The topological polar surface area (TPSA) is 151 Å². The van der Waals surface area contributed by atoms with E-state index < -0.39 is 23.4 Å². The number of nitrogens with one attached hydrogen (secondary N) is 2. The number of nitrogens with zero attached hydrogens (tertiary/aromatic N) is 8. The number of aromatic nitrogens is 7. The number of hydrogen-bond donors (Lipinski definition) is 2. The highest BCUT2D eigenvalue weighted by molar-refractivity contribution is 5.92. The summed E-state index contributed by atoms with van der Waals surface area (Å²) in [4.78, 5) is 33.2. The van der Waals surface area contributed by atoms with Crippen molar-refractivity contribution in [3.05, 3.63) is 48.6 Å². The zero-order valence-electron chi connectivity index (χ0n) is 23.3. The maximum absolute atomic E-state index is 13.4. The molecule has 2 fully saturated rings. The second kappa shape index (κ2) is 11.3. The number of halogens is 3. The first-order valence-corrected chi connectivity index (χ1v) is 14.0. The summed E-state index contributed by atoms with van der Waals surface area (Å²) in [6, 6.07) is 5.63. The van der Waals surface area contributed by atoms with Gasteiger partial charge in [0.2, 0.25) is 11.7 Å². The van der Waals surface area contributed by atoms with Crippen LogP contribution >= 0.6 is 0 Å². The van der Waals surface area contributed by atoms with Gasteiger partial charge in [0.15, 0.2) is 0 Å². The van der Waals surface area contributed by atoms with Crippen LogP contribution in [0.5, 0.6) is 5.88 Å². The monoisotopic (exact) mass is 594 g/mol. The van der Waals surface area contributed by atoms with Crippen LogP contribution in [0, 0.1) is 11.3 Å². The van der Waals surface area contributed by atoms with Gasteiger partial charge in [-0.05, 0) is 38.7 Å². The largest absolute Gasteiger partial charge is 0.474 e. The lowest BCUT2D eigenvalue weighted by Gasteiger charge is -2.53. The Kier molecular flexibility index (Phi) is 7.47. The molecule has 1 aliphatic carbocycles. The van der Waals surface area contributed by atoms with Crippen LogP contribution in [-0.4, -0.2) is 77.3 Å². The molecule has 1 amide bonds. The standard InChI is InChI=1S/C28H29F3N10O2/c1-2-33-25(42)21-11-22(39-26(38-21)28(29,30)31)43-19-5-3-18(4-6-19)40-14-27(15-40,8-9-32)41-13-17(12-37-41)23-20-7-10-34-24(20)36-16-35-23/h7,10-13,16,18-19H,2-6,8,14-15H2,1H3,(H,33,42)(H,34,35,36)/t18-,19+. The molecule has 1 saturated carbocycles. The summed E-state index contributed by atoms with van der Waals surface area (Å²) in [5.74, 6) is -2.39. The number of rotatable bonds is 8. The summed E-state index contributed by atoms with van der Waals surface area (Å²) in [5.41, 5.74) is 1.50. The molecule has 1 saturated heterocycles. The summed E-state index contributed by atoms with van der Waals surface area (Å²) in [6.45, 7) is 3.21. The van der Waals surface area contributed by atoms with Crippen LogP contribution in [0.1, 0.15) is 55.3 Å². The molecule has 12 nitrogen and oxygen atoms in total. The lowest BCUT2D eigenvalue weighted by atomic mass is 9.82. The third kappa shape index (κ3) is 5.62. The van der Waals surface area contributed by atoms with Gasteiger partial charge in [0, 0.05) is 55.1 Å². The molecule has 0 aromatic carbocycles. The van der Waals surface area contributed by atoms with Crippen molar-refractivity contribution in [1.29, 1.82) is 5.26 Å². The van der Waals surface area contributed by atoms with Gasteiger partial charge >= 0.3 is 6.18 Å². The van der Waals surface area contributed by atoms with Crippen LogP contribution < -0.4 is 10.1 Å². The number of aromatic amines is 1. The Morgan fingerprint density at radius 3 is 2.74 bits per heavy atom. The van der Waals surface area contributed by atoms with Crippen molar-refractivity contribution in [2.75, 3.05) is 19.6 Å². The Morgan fingerprint density at radius 2 is 2.02 bits per heavy atom.